The predicted molar refractivity (Wildman–Crippen MR) is 87.1 cm³/mol. The number of carbonyl (C=O) groups excluding carboxylic acids is 1. The van der Waals surface area contributed by atoms with Crippen LogP contribution in [0.25, 0.3) is 0 Å². The maximum absolute atomic E-state index is 12.4. The summed E-state index contributed by atoms with van der Waals surface area (Å²) in [5, 5.41) is 2.99. The molecule has 0 bridgehead atoms. The van der Waals surface area contributed by atoms with E-state index in [1.807, 2.05) is 39.0 Å². The van der Waals surface area contributed by atoms with Gasteiger partial charge >= 0.3 is 0 Å². The highest BCUT2D eigenvalue weighted by Crippen LogP contribution is 2.38. The molecule has 0 unspecified atom stereocenters. The van der Waals surface area contributed by atoms with E-state index in [1.54, 1.807) is 0 Å². The van der Waals surface area contributed by atoms with Gasteiger partial charge in [-0.3, -0.25) is 9.78 Å². The Balaban J connectivity index is 1.72. The summed E-state index contributed by atoms with van der Waals surface area (Å²) in [6, 6.07) is 6.61. The SMILES string of the molecule is Cc1ccc(CNC(=O)c2cc(C)n(C3CC3)c2C)nc1C. The second-order valence-corrected chi connectivity index (χ2v) is 6.27. The van der Waals surface area contributed by atoms with Gasteiger partial charge in [-0.1, -0.05) is 6.07 Å². The van der Waals surface area contributed by atoms with Crippen molar-refractivity contribution in [2.75, 3.05) is 0 Å². The number of hydrogen-bond acceptors (Lipinski definition) is 2. The molecule has 0 saturated heterocycles. The minimum Gasteiger partial charge on any atom is -0.346 e. The molecule has 2 heterocycles. The Kier molecular flexibility index (Phi) is 3.77. The monoisotopic (exact) mass is 297 g/mol. The topological polar surface area (TPSA) is 46.9 Å². The average molecular weight is 297 g/mol. The van der Waals surface area contributed by atoms with Crippen molar-refractivity contribution in [3.8, 4) is 0 Å². The lowest BCUT2D eigenvalue weighted by molar-refractivity contribution is 0.0949. The van der Waals surface area contributed by atoms with E-state index in [0.717, 1.165) is 22.6 Å². The molecule has 1 aliphatic rings. The van der Waals surface area contributed by atoms with Gasteiger partial charge in [0.15, 0.2) is 0 Å². The van der Waals surface area contributed by atoms with E-state index < -0.39 is 0 Å². The molecule has 1 N–H and O–H groups in total. The van der Waals surface area contributed by atoms with Crippen molar-refractivity contribution < 1.29 is 4.79 Å². The summed E-state index contributed by atoms with van der Waals surface area (Å²) in [6.07, 6.45) is 2.45. The van der Waals surface area contributed by atoms with E-state index in [2.05, 4.69) is 21.8 Å². The number of amides is 1. The maximum Gasteiger partial charge on any atom is 0.253 e. The molecule has 1 fully saturated rings. The summed E-state index contributed by atoms with van der Waals surface area (Å²) in [6.45, 7) is 8.61. The molecule has 4 nitrogen and oxygen atoms in total. The van der Waals surface area contributed by atoms with Crippen molar-refractivity contribution in [3.05, 3.63) is 52.1 Å². The van der Waals surface area contributed by atoms with Gasteiger partial charge in [0, 0.05) is 23.1 Å². The van der Waals surface area contributed by atoms with Gasteiger partial charge in [0.25, 0.3) is 5.91 Å². The van der Waals surface area contributed by atoms with Gasteiger partial charge in [-0.15, -0.1) is 0 Å². The molecule has 0 radical (unpaired) electrons. The van der Waals surface area contributed by atoms with E-state index in [0.29, 0.717) is 12.6 Å². The Morgan fingerprint density at radius 1 is 1.27 bits per heavy atom. The number of rotatable bonds is 4. The Hall–Kier alpha value is -2.10. The standard InChI is InChI=1S/C18H23N3O/c1-11-5-6-15(20-13(11)3)10-19-18(22)17-9-12(2)21(14(17)4)16-7-8-16/h5-6,9,16H,7-8,10H2,1-4H3,(H,19,22). The maximum atomic E-state index is 12.4. The van der Waals surface area contributed by atoms with Crippen LogP contribution >= 0.6 is 0 Å². The highest BCUT2D eigenvalue weighted by atomic mass is 16.1. The van der Waals surface area contributed by atoms with Gasteiger partial charge < -0.3 is 9.88 Å². The summed E-state index contributed by atoms with van der Waals surface area (Å²) in [4.78, 5) is 16.9. The summed E-state index contributed by atoms with van der Waals surface area (Å²) >= 11 is 0. The molecule has 22 heavy (non-hydrogen) atoms. The first-order valence-electron chi connectivity index (χ1n) is 7.87. The molecule has 0 aliphatic heterocycles. The number of hydrogen-bond donors (Lipinski definition) is 1. The van der Waals surface area contributed by atoms with Crippen molar-refractivity contribution >= 4 is 5.91 Å². The van der Waals surface area contributed by atoms with Crippen LogP contribution in [0.15, 0.2) is 18.2 Å². The smallest absolute Gasteiger partial charge is 0.253 e. The molecule has 2 aromatic rings. The molecule has 3 rings (SSSR count). The van der Waals surface area contributed by atoms with Crippen LogP contribution < -0.4 is 5.32 Å². The van der Waals surface area contributed by atoms with Crippen molar-refractivity contribution in [1.82, 2.24) is 14.9 Å². The first-order valence-corrected chi connectivity index (χ1v) is 7.87. The predicted octanol–water partition coefficient (Wildman–Crippen LogP) is 3.38. The molecule has 1 aliphatic carbocycles. The lowest BCUT2D eigenvalue weighted by Gasteiger charge is -2.09. The van der Waals surface area contributed by atoms with Gasteiger partial charge in [0.05, 0.1) is 17.8 Å². The van der Waals surface area contributed by atoms with E-state index >= 15 is 0 Å². The van der Waals surface area contributed by atoms with Crippen molar-refractivity contribution in [2.45, 2.75) is 53.1 Å². The molecule has 0 aromatic carbocycles. The Morgan fingerprint density at radius 2 is 2.00 bits per heavy atom. The fourth-order valence-corrected chi connectivity index (χ4v) is 2.95. The minimum absolute atomic E-state index is 0.0139. The van der Waals surface area contributed by atoms with Crippen LogP contribution in [0.4, 0.5) is 0 Å². The Labute approximate surface area is 131 Å². The molecule has 116 valence electrons. The number of carbonyl (C=O) groups is 1. The highest BCUT2D eigenvalue weighted by Gasteiger charge is 2.28. The van der Waals surface area contributed by atoms with Gasteiger partial charge in [0.1, 0.15) is 0 Å². The largest absolute Gasteiger partial charge is 0.346 e. The quantitative estimate of drug-likeness (QED) is 0.940. The molecule has 1 amide bonds. The summed E-state index contributed by atoms with van der Waals surface area (Å²) in [7, 11) is 0. The van der Waals surface area contributed by atoms with Crippen LogP contribution in [-0.4, -0.2) is 15.5 Å². The number of nitrogens with one attached hydrogen (secondary N) is 1. The zero-order valence-electron chi connectivity index (χ0n) is 13.7. The fourth-order valence-electron chi connectivity index (χ4n) is 2.95. The van der Waals surface area contributed by atoms with Crippen LogP contribution in [0, 0.1) is 27.7 Å². The summed E-state index contributed by atoms with van der Waals surface area (Å²) in [5.41, 5.74) is 6.11. The number of aromatic nitrogens is 2. The third kappa shape index (κ3) is 2.78. The third-order valence-electron chi connectivity index (χ3n) is 4.48. The van der Waals surface area contributed by atoms with E-state index in [9.17, 15) is 4.79 Å². The first-order chi connectivity index (χ1) is 10.5. The zero-order valence-corrected chi connectivity index (χ0v) is 13.7. The van der Waals surface area contributed by atoms with E-state index in [-0.39, 0.29) is 5.91 Å². The van der Waals surface area contributed by atoms with Crippen LogP contribution in [-0.2, 0) is 6.54 Å². The van der Waals surface area contributed by atoms with Crippen molar-refractivity contribution in [2.24, 2.45) is 0 Å². The normalized spacial score (nSPS) is 14.2. The molecule has 2 aromatic heterocycles. The van der Waals surface area contributed by atoms with Crippen LogP contribution in [0.5, 0.6) is 0 Å². The molecule has 0 spiro atoms. The lowest BCUT2D eigenvalue weighted by Crippen LogP contribution is -2.24. The average Bonchev–Trinajstić information content (AvgIpc) is 3.26. The van der Waals surface area contributed by atoms with Crippen molar-refractivity contribution in [1.29, 1.82) is 0 Å². The zero-order chi connectivity index (χ0) is 15.9. The fraction of sp³-hybridized carbons (Fsp3) is 0.444. The van der Waals surface area contributed by atoms with Gasteiger partial charge in [-0.25, -0.2) is 0 Å². The van der Waals surface area contributed by atoms with Crippen LogP contribution in [0.2, 0.25) is 0 Å². The second kappa shape index (κ2) is 5.59. The Morgan fingerprint density at radius 3 is 2.64 bits per heavy atom. The number of nitrogens with zero attached hydrogens (tertiary/aromatic N) is 2. The summed E-state index contributed by atoms with van der Waals surface area (Å²) in [5.74, 6) is -0.0139. The molecule has 4 heteroatoms. The van der Waals surface area contributed by atoms with Crippen LogP contribution in [0.1, 0.15) is 57.6 Å². The minimum atomic E-state index is -0.0139. The Bertz CT molecular complexity index is 726. The van der Waals surface area contributed by atoms with E-state index in [4.69, 9.17) is 0 Å². The molecule has 1 saturated carbocycles. The number of pyridine rings is 1. The summed E-state index contributed by atoms with van der Waals surface area (Å²) < 4.78 is 2.29. The third-order valence-corrected chi connectivity index (χ3v) is 4.48. The van der Waals surface area contributed by atoms with Crippen molar-refractivity contribution in [3.63, 3.8) is 0 Å². The van der Waals surface area contributed by atoms with Gasteiger partial charge in [0.2, 0.25) is 0 Å². The number of aryl methyl sites for hydroxylation is 3. The molecule has 0 atom stereocenters. The first kappa shape index (κ1) is 14.8. The second-order valence-electron chi connectivity index (χ2n) is 6.27. The highest BCUT2D eigenvalue weighted by molar-refractivity contribution is 5.95. The lowest BCUT2D eigenvalue weighted by atomic mass is 10.2. The molecular weight excluding hydrogens is 274 g/mol. The molecular formula is C18H23N3O. The van der Waals surface area contributed by atoms with Crippen LogP contribution in [0.3, 0.4) is 0 Å². The van der Waals surface area contributed by atoms with Gasteiger partial charge in [-0.05, 0) is 58.2 Å². The van der Waals surface area contributed by atoms with Gasteiger partial charge in [-0.2, -0.15) is 0 Å². The van der Waals surface area contributed by atoms with E-state index in [1.165, 1.54) is 24.1 Å².